The van der Waals surface area contributed by atoms with Crippen LogP contribution in [0.25, 0.3) is 21.9 Å². The first-order chi connectivity index (χ1) is 18.0. The molecule has 0 spiro atoms. The fraction of sp³-hybridized carbons (Fsp3) is 0.500. The minimum atomic E-state index is -0.928. The zero-order chi connectivity index (χ0) is 25.9. The maximum absolute atomic E-state index is 14.2. The van der Waals surface area contributed by atoms with E-state index in [1.54, 1.807) is 38.2 Å². The Hall–Kier alpha value is -3.01. The number of pyridine rings is 2. The van der Waals surface area contributed by atoms with Gasteiger partial charge < -0.3 is 24.1 Å². The zero-order valence-corrected chi connectivity index (χ0v) is 21.7. The predicted molar refractivity (Wildman–Crippen MR) is 141 cm³/mol. The predicted octanol–water partition coefficient (Wildman–Crippen LogP) is 3.30. The summed E-state index contributed by atoms with van der Waals surface area (Å²) in [5, 5.41) is 4.46. The standard InChI is InChI=1S/C28H35FN4O4/c1-32-17-23(20-4-8-30-14-22(20)28(32)34)21-13-26(35-2)18(12-27(21)36-3)16-33-10-6-19(7-11-33)37-25-5-9-31-15-24(25)29/h4,8,12-14,17,19,24-25,31H,5-7,9-11,15-16H2,1-3H3/t24-,25-/m1/s1. The van der Waals surface area contributed by atoms with Crippen LogP contribution in [0.2, 0.25) is 0 Å². The Bertz CT molecular complexity index is 1310. The van der Waals surface area contributed by atoms with Gasteiger partial charge in [0.1, 0.15) is 17.7 Å². The third-order valence-corrected chi connectivity index (χ3v) is 7.52. The van der Waals surface area contributed by atoms with Gasteiger partial charge in [-0.2, -0.15) is 0 Å². The Labute approximate surface area is 216 Å². The Morgan fingerprint density at radius 1 is 1.08 bits per heavy atom. The molecule has 37 heavy (non-hydrogen) atoms. The largest absolute Gasteiger partial charge is 0.496 e. The number of ether oxygens (including phenoxy) is 3. The first-order valence-corrected chi connectivity index (χ1v) is 12.9. The molecule has 4 heterocycles. The molecule has 0 amide bonds. The fourth-order valence-electron chi connectivity index (χ4n) is 5.46. The van der Waals surface area contributed by atoms with Crippen LogP contribution >= 0.6 is 0 Å². The van der Waals surface area contributed by atoms with Crippen LogP contribution < -0.4 is 20.3 Å². The van der Waals surface area contributed by atoms with Crippen molar-refractivity contribution in [2.45, 2.75) is 44.2 Å². The van der Waals surface area contributed by atoms with E-state index in [1.807, 2.05) is 24.4 Å². The molecular formula is C28H35FN4O4. The Morgan fingerprint density at radius 2 is 1.86 bits per heavy atom. The van der Waals surface area contributed by atoms with Gasteiger partial charge in [0.15, 0.2) is 0 Å². The van der Waals surface area contributed by atoms with Crippen LogP contribution in [0.15, 0.2) is 41.6 Å². The van der Waals surface area contributed by atoms with Gasteiger partial charge >= 0.3 is 0 Å². The lowest BCUT2D eigenvalue weighted by molar-refractivity contribution is -0.0834. The van der Waals surface area contributed by atoms with E-state index in [2.05, 4.69) is 15.2 Å². The highest BCUT2D eigenvalue weighted by molar-refractivity contribution is 5.97. The molecule has 0 bridgehead atoms. The number of nitrogens with one attached hydrogen (secondary N) is 1. The molecule has 198 valence electrons. The van der Waals surface area contributed by atoms with Crippen LogP contribution in [0.4, 0.5) is 4.39 Å². The normalized spacial score (nSPS) is 21.3. The van der Waals surface area contributed by atoms with Crippen molar-refractivity contribution in [1.29, 1.82) is 0 Å². The van der Waals surface area contributed by atoms with Crippen molar-refractivity contribution in [3.05, 3.63) is 52.7 Å². The minimum Gasteiger partial charge on any atom is -0.496 e. The molecule has 1 aromatic carbocycles. The number of fused-ring (bicyclic) bond motifs is 1. The second-order valence-corrected chi connectivity index (χ2v) is 9.90. The smallest absolute Gasteiger partial charge is 0.259 e. The molecule has 2 aliphatic rings. The van der Waals surface area contributed by atoms with E-state index >= 15 is 0 Å². The third-order valence-electron chi connectivity index (χ3n) is 7.52. The van der Waals surface area contributed by atoms with Gasteiger partial charge in [0.25, 0.3) is 5.56 Å². The number of aromatic nitrogens is 2. The zero-order valence-electron chi connectivity index (χ0n) is 21.7. The summed E-state index contributed by atoms with van der Waals surface area (Å²) < 4.78 is 33.5. The number of hydrogen-bond donors (Lipinski definition) is 1. The molecule has 0 radical (unpaired) electrons. The number of piperidine rings is 2. The molecule has 0 saturated carbocycles. The summed E-state index contributed by atoms with van der Waals surface area (Å²) in [5.41, 5.74) is 2.66. The van der Waals surface area contributed by atoms with Gasteiger partial charge in [-0.3, -0.25) is 14.7 Å². The van der Waals surface area contributed by atoms with Crippen molar-refractivity contribution in [2.24, 2.45) is 7.05 Å². The van der Waals surface area contributed by atoms with Crippen molar-refractivity contribution in [1.82, 2.24) is 19.8 Å². The van der Waals surface area contributed by atoms with Crippen LogP contribution in [0.3, 0.4) is 0 Å². The average Bonchev–Trinajstić information content (AvgIpc) is 2.93. The Morgan fingerprint density at radius 3 is 2.59 bits per heavy atom. The van der Waals surface area contributed by atoms with E-state index in [0.717, 1.165) is 66.7 Å². The van der Waals surface area contributed by atoms with Crippen molar-refractivity contribution < 1.29 is 18.6 Å². The van der Waals surface area contributed by atoms with E-state index in [-0.39, 0.29) is 17.8 Å². The molecule has 0 unspecified atom stereocenters. The van der Waals surface area contributed by atoms with Crippen LogP contribution in [0.5, 0.6) is 11.5 Å². The number of hydrogen-bond acceptors (Lipinski definition) is 7. The van der Waals surface area contributed by atoms with E-state index < -0.39 is 6.17 Å². The second kappa shape index (κ2) is 11.2. The van der Waals surface area contributed by atoms with Gasteiger partial charge in [0.2, 0.25) is 0 Å². The number of benzene rings is 1. The van der Waals surface area contributed by atoms with Gasteiger partial charge in [-0.1, -0.05) is 0 Å². The quantitative estimate of drug-likeness (QED) is 0.523. The number of nitrogens with zero attached hydrogens (tertiary/aromatic N) is 3. The van der Waals surface area contributed by atoms with E-state index in [9.17, 15) is 9.18 Å². The first kappa shape index (κ1) is 25.6. The highest BCUT2D eigenvalue weighted by Gasteiger charge is 2.30. The van der Waals surface area contributed by atoms with Crippen molar-refractivity contribution in [3.8, 4) is 22.6 Å². The summed E-state index contributed by atoms with van der Waals surface area (Å²) in [7, 11) is 5.06. The summed E-state index contributed by atoms with van der Waals surface area (Å²) in [6, 6.07) is 5.87. The first-order valence-electron chi connectivity index (χ1n) is 12.9. The molecule has 2 atom stereocenters. The number of rotatable bonds is 7. The van der Waals surface area contributed by atoms with E-state index in [4.69, 9.17) is 14.2 Å². The highest BCUT2D eigenvalue weighted by atomic mass is 19.1. The summed E-state index contributed by atoms with van der Waals surface area (Å²) in [5.74, 6) is 1.48. The number of likely N-dealkylation sites (tertiary alicyclic amines) is 1. The van der Waals surface area contributed by atoms with Gasteiger partial charge in [0, 0.05) is 68.5 Å². The lowest BCUT2D eigenvalue weighted by Gasteiger charge is -2.36. The number of methoxy groups -OCH3 is 2. The average molecular weight is 511 g/mol. The molecule has 2 fully saturated rings. The maximum atomic E-state index is 14.2. The molecule has 2 aromatic heterocycles. The summed E-state index contributed by atoms with van der Waals surface area (Å²) in [6.45, 7) is 3.65. The van der Waals surface area contributed by atoms with Gasteiger partial charge in [-0.05, 0) is 49.4 Å². The van der Waals surface area contributed by atoms with Crippen molar-refractivity contribution in [2.75, 3.05) is 40.4 Å². The lowest BCUT2D eigenvalue weighted by atomic mass is 9.98. The molecule has 2 saturated heterocycles. The topological polar surface area (TPSA) is 77.9 Å². The summed E-state index contributed by atoms with van der Waals surface area (Å²) >= 11 is 0. The molecule has 8 nitrogen and oxygen atoms in total. The SMILES string of the molecule is COc1cc(-c2cn(C)c(=O)c3cnccc23)c(OC)cc1CN1CCC(O[C@@H]2CCNC[C@H]2F)CC1. The molecule has 3 aromatic rings. The van der Waals surface area contributed by atoms with Crippen molar-refractivity contribution in [3.63, 3.8) is 0 Å². The molecule has 9 heteroatoms. The monoisotopic (exact) mass is 510 g/mol. The Kier molecular flexibility index (Phi) is 7.73. The van der Waals surface area contributed by atoms with Crippen LogP contribution in [0.1, 0.15) is 24.8 Å². The van der Waals surface area contributed by atoms with Gasteiger partial charge in [-0.15, -0.1) is 0 Å². The molecular weight excluding hydrogens is 475 g/mol. The highest BCUT2D eigenvalue weighted by Crippen LogP contribution is 2.39. The van der Waals surface area contributed by atoms with Gasteiger partial charge in [-0.25, -0.2) is 4.39 Å². The summed E-state index contributed by atoms with van der Waals surface area (Å²) in [6.07, 6.45) is 6.49. The maximum Gasteiger partial charge on any atom is 0.259 e. The second-order valence-electron chi connectivity index (χ2n) is 9.90. The number of halogens is 1. The Balaban J connectivity index is 1.36. The van der Waals surface area contributed by atoms with E-state index in [1.165, 1.54) is 0 Å². The lowest BCUT2D eigenvalue weighted by Crippen LogP contribution is -2.46. The van der Waals surface area contributed by atoms with Crippen LogP contribution in [0, 0.1) is 0 Å². The van der Waals surface area contributed by atoms with Gasteiger partial charge in [0.05, 0.1) is 31.8 Å². The third kappa shape index (κ3) is 5.35. The van der Waals surface area contributed by atoms with Crippen molar-refractivity contribution >= 4 is 10.8 Å². The summed E-state index contributed by atoms with van der Waals surface area (Å²) in [4.78, 5) is 19.2. The molecule has 1 N–H and O–H groups in total. The van der Waals surface area contributed by atoms with E-state index in [0.29, 0.717) is 24.2 Å². The minimum absolute atomic E-state index is 0.0935. The van der Waals surface area contributed by atoms with Crippen LogP contribution in [-0.4, -0.2) is 73.2 Å². The number of aryl methyl sites for hydroxylation is 1. The molecule has 5 rings (SSSR count). The number of alkyl halides is 1. The van der Waals surface area contributed by atoms with Crippen LogP contribution in [-0.2, 0) is 18.3 Å². The fourth-order valence-corrected chi connectivity index (χ4v) is 5.46. The molecule has 2 aliphatic heterocycles. The molecule has 0 aliphatic carbocycles.